The Hall–Kier alpha value is -0.643. The first-order valence-corrected chi connectivity index (χ1v) is 9.56. The van der Waals surface area contributed by atoms with Crippen molar-refractivity contribution < 1.29 is 9.84 Å². The highest BCUT2D eigenvalue weighted by Crippen LogP contribution is 2.28. The standard InChI is InChI=1S/C14H22O2Si/c1-11-13(15)9-16-14(11)10-17(2,3)12-7-5-4-6-8-12/h4-8,11,13-15H,9-10H2,1-3H3/t11-,13+,14+/m0/s1. The Kier molecular flexibility index (Phi) is 3.71. The molecule has 1 aromatic carbocycles. The largest absolute Gasteiger partial charge is 0.390 e. The Bertz CT molecular complexity index is 364. The minimum Gasteiger partial charge on any atom is -0.390 e. The van der Waals surface area contributed by atoms with E-state index in [1.807, 2.05) is 0 Å². The summed E-state index contributed by atoms with van der Waals surface area (Å²) in [6, 6.07) is 11.8. The lowest BCUT2D eigenvalue weighted by Crippen LogP contribution is -2.45. The zero-order valence-electron chi connectivity index (χ0n) is 10.9. The van der Waals surface area contributed by atoms with Crippen molar-refractivity contribution in [2.45, 2.75) is 38.3 Å². The average Bonchev–Trinajstić information content (AvgIpc) is 2.62. The molecule has 0 amide bonds. The molecule has 0 spiro atoms. The van der Waals surface area contributed by atoms with Gasteiger partial charge < -0.3 is 9.84 Å². The van der Waals surface area contributed by atoms with Crippen LogP contribution in [0, 0.1) is 5.92 Å². The fraction of sp³-hybridized carbons (Fsp3) is 0.571. The van der Waals surface area contributed by atoms with Gasteiger partial charge in [-0.15, -0.1) is 0 Å². The Morgan fingerprint density at radius 2 is 1.94 bits per heavy atom. The van der Waals surface area contributed by atoms with Crippen LogP contribution in [0.25, 0.3) is 0 Å². The number of aliphatic hydroxyl groups is 1. The Balaban J connectivity index is 2.08. The molecule has 3 atom stereocenters. The molecule has 0 radical (unpaired) electrons. The monoisotopic (exact) mass is 250 g/mol. The van der Waals surface area contributed by atoms with Crippen molar-refractivity contribution in [3.8, 4) is 0 Å². The number of hydrogen-bond donors (Lipinski definition) is 1. The fourth-order valence-electron chi connectivity index (χ4n) is 2.53. The predicted octanol–water partition coefficient (Wildman–Crippen LogP) is 2.00. The van der Waals surface area contributed by atoms with E-state index in [2.05, 4.69) is 50.3 Å². The summed E-state index contributed by atoms with van der Waals surface area (Å²) in [5.74, 6) is 0.269. The summed E-state index contributed by atoms with van der Waals surface area (Å²) < 4.78 is 5.72. The maximum Gasteiger partial charge on any atom is 0.0831 e. The van der Waals surface area contributed by atoms with E-state index >= 15 is 0 Å². The molecule has 1 N–H and O–H groups in total. The molecule has 2 rings (SSSR count). The quantitative estimate of drug-likeness (QED) is 0.832. The van der Waals surface area contributed by atoms with Crippen LogP contribution in [-0.4, -0.2) is 32.0 Å². The van der Waals surface area contributed by atoms with E-state index in [1.165, 1.54) is 5.19 Å². The number of rotatable bonds is 3. The number of aliphatic hydroxyl groups excluding tert-OH is 1. The predicted molar refractivity (Wildman–Crippen MR) is 73.3 cm³/mol. The molecule has 0 aliphatic carbocycles. The molecule has 3 heteroatoms. The third kappa shape index (κ3) is 2.79. The fourth-order valence-corrected chi connectivity index (χ4v) is 5.35. The molecule has 0 aromatic heterocycles. The van der Waals surface area contributed by atoms with E-state index in [0.29, 0.717) is 6.61 Å². The first kappa shape index (κ1) is 12.8. The van der Waals surface area contributed by atoms with Crippen LogP contribution in [0.1, 0.15) is 6.92 Å². The van der Waals surface area contributed by atoms with Crippen molar-refractivity contribution in [2.75, 3.05) is 6.61 Å². The normalized spacial score (nSPS) is 29.5. The molecule has 0 saturated carbocycles. The smallest absolute Gasteiger partial charge is 0.0831 e. The zero-order chi connectivity index (χ0) is 12.5. The van der Waals surface area contributed by atoms with Crippen molar-refractivity contribution in [3.63, 3.8) is 0 Å². The van der Waals surface area contributed by atoms with Crippen LogP contribution in [0.15, 0.2) is 30.3 Å². The molecule has 2 nitrogen and oxygen atoms in total. The molecule has 1 heterocycles. The molecule has 0 unspecified atom stereocenters. The van der Waals surface area contributed by atoms with Crippen LogP contribution >= 0.6 is 0 Å². The number of ether oxygens (including phenoxy) is 1. The van der Waals surface area contributed by atoms with Crippen molar-refractivity contribution in [3.05, 3.63) is 30.3 Å². The molecule has 0 bridgehead atoms. The van der Waals surface area contributed by atoms with Crippen molar-refractivity contribution in [1.82, 2.24) is 0 Å². The molecule has 17 heavy (non-hydrogen) atoms. The van der Waals surface area contributed by atoms with Gasteiger partial charge >= 0.3 is 0 Å². The second-order valence-corrected chi connectivity index (χ2v) is 10.5. The van der Waals surface area contributed by atoms with Crippen molar-refractivity contribution in [1.29, 1.82) is 0 Å². The molecule has 1 aliphatic rings. The second kappa shape index (κ2) is 4.92. The average molecular weight is 250 g/mol. The third-order valence-electron chi connectivity index (χ3n) is 3.94. The molecule has 1 aliphatic heterocycles. The summed E-state index contributed by atoms with van der Waals surface area (Å²) in [7, 11) is -1.45. The van der Waals surface area contributed by atoms with Gasteiger partial charge in [-0.2, -0.15) is 0 Å². The molecule has 1 aromatic rings. The molecular weight excluding hydrogens is 228 g/mol. The van der Waals surface area contributed by atoms with Gasteiger partial charge in [0.2, 0.25) is 0 Å². The van der Waals surface area contributed by atoms with Gasteiger partial charge in [0.1, 0.15) is 0 Å². The van der Waals surface area contributed by atoms with Gasteiger partial charge in [-0.3, -0.25) is 0 Å². The minimum absolute atomic E-state index is 0.229. The van der Waals surface area contributed by atoms with Crippen LogP contribution in [-0.2, 0) is 4.74 Å². The van der Waals surface area contributed by atoms with Gasteiger partial charge in [0, 0.05) is 5.92 Å². The zero-order valence-corrected chi connectivity index (χ0v) is 11.9. The van der Waals surface area contributed by atoms with Crippen LogP contribution in [0.2, 0.25) is 19.1 Å². The lowest BCUT2D eigenvalue weighted by atomic mass is 10.0. The summed E-state index contributed by atoms with van der Waals surface area (Å²) in [6.07, 6.45) is -0.0487. The van der Waals surface area contributed by atoms with Crippen LogP contribution < -0.4 is 5.19 Å². The summed E-state index contributed by atoms with van der Waals surface area (Å²) in [4.78, 5) is 0. The van der Waals surface area contributed by atoms with E-state index in [0.717, 1.165) is 6.04 Å². The summed E-state index contributed by atoms with van der Waals surface area (Å²) in [5.41, 5.74) is 0. The third-order valence-corrected chi connectivity index (χ3v) is 7.26. The molecule has 1 saturated heterocycles. The second-order valence-electron chi connectivity index (χ2n) is 5.75. The summed E-state index contributed by atoms with van der Waals surface area (Å²) >= 11 is 0. The van der Waals surface area contributed by atoms with E-state index in [-0.39, 0.29) is 18.1 Å². The van der Waals surface area contributed by atoms with Crippen molar-refractivity contribution in [2.24, 2.45) is 5.92 Å². The van der Waals surface area contributed by atoms with Gasteiger partial charge in [0.25, 0.3) is 0 Å². The van der Waals surface area contributed by atoms with Gasteiger partial charge in [-0.25, -0.2) is 0 Å². The Labute approximate surface area is 105 Å². The topological polar surface area (TPSA) is 29.5 Å². The summed E-state index contributed by atoms with van der Waals surface area (Å²) in [5, 5.41) is 11.2. The first-order valence-electron chi connectivity index (χ1n) is 6.36. The lowest BCUT2D eigenvalue weighted by molar-refractivity contribution is 0.0960. The maximum atomic E-state index is 9.73. The van der Waals surface area contributed by atoms with E-state index in [1.54, 1.807) is 0 Å². The first-order chi connectivity index (χ1) is 8.00. The van der Waals surface area contributed by atoms with Gasteiger partial charge in [-0.05, 0) is 6.04 Å². The Morgan fingerprint density at radius 1 is 1.29 bits per heavy atom. The maximum absolute atomic E-state index is 9.73. The SMILES string of the molecule is C[C@H]1[C@H](O)CO[C@@H]1C[Si](C)(C)c1ccccc1. The van der Waals surface area contributed by atoms with Gasteiger partial charge in [0.05, 0.1) is 26.9 Å². The van der Waals surface area contributed by atoms with Crippen LogP contribution in [0.4, 0.5) is 0 Å². The van der Waals surface area contributed by atoms with Gasteiger partial charge in [-0.1, -0.05) is 55.5 Å². The number of benzene rings is 1. The molecule has 1 fully saturated rings. The van der Waals surface area contributed by atoms with Gasteiger partial charge in [0.15, 0.2) is 0 Å². The molecule has 94 valence electrons. The lowest BCUT2D eigenvalue weighted by Gasteiger charge is -2.28. The van der Waals surface area contributed by atoms with E-state index in [9.17, 15) is 5.11 Å². The van der Waals surface area contributed by atoms with Crippen molar-refractivity contribution >= 4 is 13.3 Å². The Morgan fingerprint density at radius 3 is 2.47 bits per heavy atom. The van der Waals surface area contributed by atoms with E-state index in [4.69, 9.17) is 4.74 Å². The molecular formula is C14H22O2Si. The minimum atomic E-state index is -1.45. The van der Waals surface area contributed by atoms with E-state index < -0.39 is 8.07 Å². The number of hydrogen-bond acceptors (Lipinski definition) is 2. The highest BCUT2D eigenvalue weighted by Gasteiger charge is 2.37. The highest BCUT2D eigenvalue weighted by atomic mass is 28.3. The van der Waals surface area contributed by atoms with Crippen LogP contribution in [0.5, 0.6) is 0 Å². The van der Waals surface area contributed by atoms with Crippen LogP contribution in [0.3, 0.4) is 0 Å². The summed E-state index contributed by atoms with van der Waals surface area (Å²) in [6.45, 7) is 7.36. The highest BCUT2D eigenvalue weighted by molar-refractivity contribution is 6.89.